The quantitative estimate of drug-likeness (QED) is 0.249. The third-order valence-electron chi connectivity index (χ3n) is 6.50. The van der Waals surface area contributed by atoms with Gasteiger partial charge in [-0.1, -0.05) is 39.3 Å². The molecule has 1 aliphatic heterocycles. The number of benzene rings is 1. The predicted molar refractivity (Wildman–Crippen MR) is 148 cm³/mol. The molecule has 3 rings (SSSR count). The Labute approximate surface area is 222 Å². The Balaban J connectivity index is 1.53. The molecule has 0 saturated carbocycles. The Hall–Kier alpha value is -2.15. The van der Waals surface area contributed by atoms with E-state index in [-0.39, 0.29) is 24.5 Å². The normalized spacial score (nSPS) is 14.7. The van der Waals surface area contributed by atoms with Crippen LogP contribution in [0, 0.1) is 0 Å². The van der Waals surface area contributed by atoms with Crippen LogP contribution in [0.4, 0.5) is 5.88 Å². The Morgan fingerprint density at radius 2 is 1.68 bits per heavy atom. The number of nitrogens with one attached hydrogen (secondary N) is 1. The molecule has 0 aliphatic carbocycles. The highest BCUT2D eigenvalue weighted by Gasteiger charge is 2.37. The number of nitrogens with zero attached hydrogens (tertiary/aromatic N) is 2. The van der Waals surface area contributed by atoms with Gasteiger partial charge >= 0.3 is 7.60 Å². The van der Waals surface area contributed by atoms with Gasteiger partial charge in [0.05, 0.1) is 13.2 Å². The molecule has 2 heterocycles. The molecule has 0 atom stereocenters. The highest BCUT2D eigenvalue weighted by Crippen LogP contribution is 2.49. The van der Waals surface area contributed by atoms with Gasteiger partial charge in [-0.2, -0.15) is 0 Å². The van der Waals surface area contributed by atoms with Gasteiger partial charge in [0.2, 0.25) is 11.3 Å². The number of carbonyl (C=O) groups is 1. The van der Waals surface area contributed by atoms with Crippen LogP contribution in [0.2, 0.25) is 0 Å². The number of unbranched alkanes of at least 4 members (excludes halogenated alkanes) is 2. The van der Waals surface area contributed by atoms with Crippen molar-refractivity contribution in [3.63, 3.8) is 0 Å². The van der Waals surface area contributed by atoms with Crippen LogP contribution < -0.4 is 15.7 Å². The first kappa shape index (κ1) is 29.4. The Morgan fingerprint density at radius 1 is 1.03 bits per heavy atom. The molecule has 8 nitrogen and oxygen atoms in total. The van der Waals surface area contributed by atoms with Crippen molar-refractivity contribution in [1.82, 2.24) is 10.3 Å². The van der Waals surface area contributed by atoms with Gasteiger partial charge in [0.25, 0.3) is 5.91 Å². The summed E-state index contributed by atoms with van der Waals surface area (Å²) in [5, 5.41) is 3.01. The predicted octanol–water partition coefficient (Wildman–Crippen LogP) is 6.00. The van der Waals surface area contributed by atoms with Gasteiger partial charge in [-0.15, -0.1) is 0 Å². The van der Waals surface area contributed by atoms with Crippen molar-refractivity contribution < 1.29 is 22.8 Å². The van der Waals surface area contributed by atoms with Gasteiger partial charge in [-0.25, -0.2) is 4.98 Å². The van der Waals surface area contributed by atoms with E-state index >= 15 is 0 Å². The number of piperidine rings is 1. The van der Waals surface area contributed by atoms with Crippen LogP contribution in [0.1, 0.15) is 95.0 Å². The molecule has 0 radical (unpaired) electrons. The topological polar surface area (TPSA) is 93.9 Å². The number of aromatic nitrogens is 1. The third kappa shape index (κ3) is 8.17. The fourth-order valence-corrected chi connectivity index (χ4v) is 6.09. The minimum Gasteiger partial charge on any atom is -0.424 e. The lowest BCUT2D eigenvalue weighted by Crippen LogP contribution is -2.33. The number of aryl methyl sites for hydroxylation is 1. The zero-order chi connectivity index (χ0) is 26.9. The number of rotatable bonds is 13. The van der Waals surface area contributed by atoms with Gasteiger partial charge in [-0.05, 0) is 69.1 Å². The van der Waals surface area contributed by atoms with Crippen molar-refractivity contribution in [2.24, 2.45) is 0 Å². The summed E-state index contributed by atoms with van der Waals surface area (Å²) in [4.78, 5) is 19.2. The zero-order valence-electron chi connectivity index (χ0n) is 23.2. The molecular formula is C28H44N3O5P. The van der Waals surface area contributed by atoms with Crippen molar-refractivity contribution in [2.45, 2.75) is 85.0 Å². The summed E-state index contributed by atoms with van der Waals surface area (Å²) in [5.74, 6) is 1.04. The fraction of sp³-hybridized carbons (Fsp3) is 0.643. The molecule has 1 aromatic heterocycles. The molecule has 1 amide bonds. The first-order valence-electron chi connectivity index (χ1n) is 13.7. The van der Waals surface area contributed by atoms with E-state index in [9.17, 15) is 9.36 Å². The standard InChI is InChI=1S/C28H44N3O5P/c1-6-34-37(33,35-7-2)26-27(31-20-12-9-13-21-31)36-24(30-26)14-10-8-11-19-29-25(32)22-15-17-23(18-16-22)28(3,4)5/h15-18H,6-14,19-21H2,1-5H3,(H,29,32). The lowest BCUT2D eigenvalue weighted by molar-refractivity contribution is 0.0952. The van der Waals surface area contributed by atoms with Crippen LogP contribution in [-0.4, -0.2) is 43.7 Å². The lowest BCUT2D eigenvalue weighted by atomic mass is 9.87. The summed E-state index contributed by atoms with van der Waals surface area (Å²) in [6.07, 6.45) is 6.55. The van der Waals surface area contributed by atoms with Crippen molar-refractivity contribution in [2.75, 3.05) is 37.7 Å². The molecular weight excluding hydrogens is 489 g/mol. The minimum atomic E-state index is -3.55. The second-order valence-corrected chi connectivity index (χ2v) is 12.4. The number of carbonyl (C=O) groups excluding carboxylic acids is 1. The molecule has 1 aliphatic rings. The van der Waals surface area contributed by atoms with Crippen molar-refractivity contribution in [3.8, 4) is 0 Å². The maximum atomic E-state index is 13.5. The molecule has 2 aromatic rings. The van der Waals surface area contributed by atoms with E-state index in [4.69, 9.17) is 13.5 Å². The van der Waals surface area contributed by atoms with Crippen molar-refractivity contribution >= 4 is 24.8 Å². The number of oxazole rings is 1. The van der Waals surface area contributed by atoms with E-state index in [0.29, 0.717) is 35.7 Å². The van der Waals surface area contributed by atoms with Crippen LogP contribution in [0.3, 0.4) is 0 Å². The SMILES string of the molecule is CCOP(=O)(OCC)c1nc(CCCCCNC(=O)c2ccc(C(C)(C)C)cc2)oc1N1CCCCC1. The molecule has 206 valence electrons. The van der Waals surface area contributed by atoms with Gasteiger partial charge < -0.3 is 23.7 Å². The lowest BCUT2D eigenvalue weighted by Gasteiger charge is -2.27. The van der Waals surface area contributed by atoms with E-state index in [1.165, 1.54) is 12.0 Å². The summed E-state index contributed by atoms with van der Waals surface area (Å²) in [6, 6.07) is 7.82. The molecule has 1 fully saturated rings. The summed E-state index contributed by atoms with van der Waals surface area (Å²) < 4.78 is 30.8. The van der Waals surface area contributed by atoms with Crippen molar-refractivity contribution in [1.29, 1.82) is 0 Å². The molecule has 37 heavy (non-hydrogen) atoms. The highest BCUT2D eigenvalue weighted by atomic mass is 31.2. The van der Waals surface area contributed by atoms with Gasteiger partial charge in [0, 0.05) is 31.6 Å². The molecule has 0 bridgehead atoms. The number of amides is 1. The summed E-state index contributed by atoms with van der Waals surface area (Å²) in [7, 11) is -3.55. The zero-order valence-corrected chi connectivity index (χ0v) is 24.1. The second-order valence-electron chi connectivity index (χ2n) is 10.5. The third-order valence-corrected chi connectivity index (χ3v) is 8.51. The molecule has 1 N–H and O–H groups in total. The summed E-state index contributed by atoms with van der Waals surface area (Å²) in [6.45, 7) is 12.9. The van der Waals surface area contributed by atoms with E-state index in [2.05, 4.69) is 36.0 Å². The maximum absolute atomic E-state index is 13.5. The van der Waals surface area contributed by atoms with Crippen LogP contribution in [0.5, 0.6) is 0 Å². The van der Waals surface area contributed by atoms with Crippen LogP contribution >= 0.6 is 7.60 Å². The van der Waals surface area contributed by atoms with Gasteiger partial charge in [0.15, 0.2) is 5.89 Å². The van der Waals surface area contributed by atoms with E-state index < -0.39 is 7.60 Å². The molecule has 0 unspecified atom stereocenters. The number of hydrogen-bond acceptors (Lipinski definition) is 7. The van der Waals surface area contributed by atoms with E-state index in [1.807, 2.05) is 24.3 Å². The molecule has 1 saturated heterocycles. The average Bonchev–Trinajstić information content (AvgIpc) is 3.31. The smallest absolute Gasteiger partial charge is 0.385 e. The number of hydrogen-bond donors (Lipinski definition) is 1. The summed E-state index contributed by atoms with van der Waals surface area (Å²) in [5.41, 5.74) is 2.26. The maximum Gasteiger partial charge on any atom is 0.385 e. The number of anilines is 1. The van der Waals surface area contributed by atoms with Crippen molar-refractivity contribution in [3.05, 3.63) is 41.3 Å². The van der Waals surface area contributed by atoms with Crippen LogP contribution in [0.25, 0.3) is 0 Å². The molecule has 9 heteroatoms. The average molecular weight is 534 g/mol. The largest absolute Gasteiger partial charge is 0.424 e. The van der Waals surface area contributed by atoms with Gasteiger partial charge in [-0.3, -0.25) is 9.36 Å². The van der Waals surface area contributed by atoms with E-state index in [1.54, 1.807) is 13.8 Å². The fourth-order valence-electron chi connectivity index (χ4n) is 4.44. The Kier molecular flexibility index (Phi) is 10.8. The highest BCUT2D eigenvalue weighted by molar-refractivity contribution is 7.62. The second kappa shape index (κ2) is 13.6. The van der Waals surface area contributed by atoms with Gasteiger partial charge in [0.1, 0.15) is 0 Å². The Bertz CT molecular complexity index is 1030. The molecule has 0 spiro atoms. The monoisotopic (exact) mass is 533 g/mol. The first-order chi connectivity index (χ1) is 17.7. The minimum absolute atomic E-state index is 0.0495. The first-order valence-corrected chi connectivity index (χ1v) is 15.2. The Morgan fingerprint density at radius 3 is 2.27 bits per heavy atom. The van der Waals surface area contributed by atoms with Crippen LogP contribution in [0.15, 0.2) is 28.7 Å². The summed E-state index contributed by atoms with van der Waals surface area (Å²) >= 11 is 0. The molecule has 1 aromatic carbocycles. The van der Waals surface area contributed by atoms with E-state index in [0.717, 1.165) is 45.2 Å². The van der Waals surface area contributed by atoms with Crippen LogP contribution in [-0.2, 0) is 25.4 Å².